The number of aliphatic carboxylic acids is 1. The zero-order valence-corrected chi connectivity index (χ0v) is 19.8. The number of carboxylic acid groups (broad SMARTS) is 1. The molecule has 30 heavy (non-hydrogen) atoms. The number of hydrogen-bond donors (Lipinski definition) is 1. The number of hydrogen-bond acceptors (Lipinski definition) is 7. The van der Waals surface area contributed by atoms with Gasteiger partial charge in [0.2, 0.25) is 5.83 Å². The van der Waals surface area contributed by atoms with Gasteiger partial charge in [0.15, 0.2) is 0 Å². The van der Waals surface area contributed by atoms with Gasteiger partial charge in [0, 0.05) is 20.2 Å². The van der Waals surface area contributed by atoms with Crippen molar-refractivity contribution in [1.29, 1.82) is 0 Å². The van der Waals surface area contributed by atoms with Crippen LogP contribution in [0.3, 0.4) is 0 Å². The van der Waals surface area contributed by atoms with Crippen molar-refractivity contribution in [3.8, 4) is 5.75 Å². The second kappa shape index (κ2) is 13.6. The van der Waals surface area contributed by atoms with E-state index in [0.717, 1.165) is 28.4 Å². The number of nitrogens with zero attached hydrogens (tertiary/aromatic N) is 2. The third-order valence-electron chi connectivity index (χ3n) is 4.19. The van der Waals surface area contributed by atoms with Crippen LogP contribution in [0.25, 0.3) is 0 Å². The van der Waals surface area contributed by atoms with E-state index >= 15 is 0 Å². The van der Waals surface area contributed by atoms with Gasteiger partial charge in [-0.15, -0.1) is 18.3 Å². The van der Waals surface area contributed by atoms with E-state index in [1.54, 1.807) is 11.9 Å². The average molecular weight is 459 g/mol. The Kier molecular flexibility index (Phi) is 11.9. The number of ether oxygens (including phenoxy) is 2. The number of anilines is 1. The number of likely N-dealkylation sites (N-methyl/N-ethyl adjacent to an activating group) is 2. The normalized spacial score (nSPS) is 16.8. The minimum Gasteiger partial charge on any atom is -0.476 e. The highest BCUT2D eigenvalue weighted by molar-refractivity contribution is 7.98. The maximum Gasteiger partial charge on any atom is 0.368 e. The molecule has 1 aliphatic heterocycles. The van der Waals surface area contributed by atoms with Crippen molar-refractivity contribution in [3.63, 3.8) is 0 Å². The minimum absolute atomic E-state index is 0.212. The summed E-state index contributed by atoms with van der Waals surface area (Å²) in [6.07, 6.45) is 5.47. The van der Waals surface area contributed by atoms with E-state index in [1.165, 1.54) is 11.8 Å². The van der Waals surface area contributed by atoms with Crippen LogP contribution in [0, 0.1) is 0 Å². The first kappa shape index (κ1) is 26.4. The lowest BCUT2D eigenvalue weighted by atomic mass is 10.2. The Hall–Kier alpha value is -1.68. The van der Waals surface area contributed by atoms with Crippen molar-refractivity contribution in [2.75, 3.05) is 45.0 Å². The lowest BCUT2D eigenvalue weighted by molar-refractivity contribution is -0.134. The third kappa shape index (κ3) is 7.86. The monoisotopic (exact) mass is 458 g/mol. The molecule has 0 saturated carbocycles. The van der Waals surface area contributed by atoms with Gasteiger partial charge in [-0.25, -0.2) is 9.10 Å². The van der Waals surface area contributed by atoms with E-state index in [9.17, 15) is 9.18 Å². The molecule has 1 aromatic carbocycles. The van der Waals surface area contributed by atoms with E-state index in [2.05, 4.69) is 22.7 Å². The van der Waals surface area contributed by atoms with Crippen molar-refractivity contribution in [1.82, 2.24) is 4.31 Å². The van der Waals surface area contributed by atoms with E-state index in [4.69, 9.17) is 14.6 Å². The van der Waals surface area contributed by atoms with E-state index in [0.29, 0.717) is 25.2 Å². The van der Waals surface area contributed by atoms with Crippen molar-refractivity contribution in [3.05, 3.63) is 36.9 Å². The summed E-state index contributed by atoms with van der Waals surface area (Å²) >= 11 is 3.01. The van der Waals surface area contributed by atoms with Gasteiger partial charge in [-0.3, -0.25) is 0 Å². The smallest absolute Gasteiger partial charge is 0.368 e. The summed E-state index contributed by atoms with van der Waals surface area (Å²) in [4.78, 5) is 14.5. The molecule has 1 atom stereocenters. The highest BCUT2D eigenvalue weighted by atomic mass is 32.2. The number of benzene rings is 1. The van der Waals surface area contributed by atoms with Crippen LogP contribution in [-0.2, 0) is 9.53 Å². The fraction of sp³-hybridized carbons (Fsp3) is 0.476. The van der Waals surface area contributed by atoms with Gasteiger partial charge in [0.25, 0.3) is 0 Å². The van der Waals surface area contributed by atoms with Crippen LogP contribution in [0.2, 0.25) is 0 Å². The molecule has 0 aromatic heterocycles. The second-order valence-corrected chi connectivity index (χ2v) is 8.43. The van der Waals surface area contributed by atoms with Gasteiger partial charge < -0.3 is 19.5 Å². The molecule has 2 rings (SSSR count). The van der Waals surface area contributed by atoms with Crippen molar-refractivity contribution in [2.24, 2.45) is 0 Å². The minimum atomic E-state index is -1.65. The van der Waals surface area contributed by atoms with Crippen molar-refractivity contribution >= 4 is 35.4 Å². The predicted octanol–water partition coefficient (Wildman–Crippen LogP) is 5.06. The van der Waals surface area contributed by atoms with Crippen LogP contribution in [0.5, 0.6) is 5.75 Å². The highest BCUT2D eigenvalue weighted by Gasteiger charge is 2.26. The SMILES string of the molecule is C=CCC.CCOCC1CN(C)c2cc(SC)c(O/C=C(\F)C(=O)O)cc2SN1C. The maximum atomic E-state index is 13.2. The molecule has 0 bridgehead atoms. The van der Waals surface area contributed by atoms with Gasteiger partial charge >= 0.3 is 5.97 Å². The molecule has 1 unspecified atom stereocenters. The Morgan fingerprint density at radius 3 is 2.63 bits per heavy atom. The Labute approximate surface area is 187 Å². The molecule has 1 heterocycles. The van der Waals surface area contributed by atoms with Crippen LogP contribution in [-0.4, -0.2) is 61.5 Å². The summed E-state index contributed by atoms with van der Waals surface area (Å²) in [7, 11) is 4.02. The molecule has 1 aromatic rings. The fourth-order valence-corrected chi connectivity index (χ4v) is 4.08. The molecule has 0 spiro atoms. The number of carboxylic acids is 1. The van der Waals surface area contributed by atoms with Crippen LogP contribution in [0.1, 0.15) is 20.3 Å². The molecule has 1 aliphatic rings. The predicted molar refractivity (Wildman–Crippen MR) is 123 cm³/mol. The highest BCUT2D eigenvalue weighted by Crippen LogP contribution is 2.42. The number of allylic oxidation sites excluding steroid dienone is 1. The van der Waals surface area contributed by atoms with Crippen molar-refractivity contribution < 1.29 is 23.8 Å². The summed E-state index contributed by atoms with van der Waals surface area (Å²) in [5, 5.41) is 8.63. The molecule has 168 valence electrons. The molecular formula is C21H31FN2O4S2. The number of carbonyl (C=O) groups is 1. The average Bonchev–Trinajstić information content (AvgIpc) is 2.85. The van der Waals surface area contributed by atoms with Gasteiger partial charge in [-0.1, -0.05) is 13.0 Å². The summed E-state index contributed by atoms with van der Waals surface area (Å²) in [5.41, 5.74) is 1.04. The lowest BCUT2D eigenvalue weighted by Crippen LogP contribution is -2.39. The van der Waals surface area contributed by atoms with Crippen LogP contribution < -0.4 is 9.64 Å². The Bertz CT molecular complexity index is 746. The van der Waals surface area contributed by atoms with Gasteiger partial charge in [-0.2, -0.15) is 4.39 Å². The van der Waals surface area contributed by atoms with E-state index in [1.807, 2.05) is 45.5 Å². The molecule has 0 amide bonds. The third-order valence-corrected chi connectivity index (χ3v) is 6.06. The molecule has 6 nitrogen and oxygen atoms in total. The van der Waals surface area contributed by atoms with E-state index in [-0.39, 0.29) is 6.04 Å². The molecule has 0 radical (unpaired) electrons. The zero-order chi connectivity index (χ0) is 22.7. The van der Waals surface area contributed by atoms with Crippen LogP contribution in [0.4, 0.5) is 10.1 Å². The summed E-state index contributed by atoms with van der Waals surface area (Å²) in [5.74, 6) is -2.58. The molecule has 1 N–H and O–H groups in total. The molecule has 0 fully saturated rings. The number of thioether (sulfide) groups is 1. The molecular weight excluding hydrogens is 427 g/mol. The number of halogens is 1. The summed E-state index contributed by atoms with van der Waals surface area (Å²) in [6, 6.07) is 4.00. The molecule has 0 saturated heterocycles. The van der Waals surface area contributed by atoms with Crippen LogP contribution >= 0.6 is 23.7 Å². The Balaban J connectivity index is 0.00000103. The number of rotatable bonds is 8. The first-order valence-electron chi connectivity index (χ1n) is 9.57. The first-order valence-corrected chi connectivity index (χ1v) is 11.6. The molecule has 9 heteroatoms. The maximum absolute atomic E-state index is 13.2. The second-order valence-electron chi connectivity index (χ2n) is 6.39. The summed E-state index contributed by atoms with van der Waals surface area (Å²) in [6.45, 7) is 9.61. The topological polar surface area (TPSA) is 62.2 Å². The Morgan fingerprint density at radius 1 is 1.43 bits per heavy atom. The van der Waals surface area contributed by atoms with Crippen LogP contribution in [0.15, 0.2) is 46.7 Å². The Morgan fingerprint density at radius 2 is 2.10 bits per heavy atom. The summed E-state index contributed by atoms with van der Waals surface area (Å²) < 4.78 is 26.3. The zero-order valence-electron chi connectivity index (χ0n) is 18.2. The van der Waals surface area contributed by atoms with Crippen molar-refractivity contribution in [2.45, 2.75) is 36.1 Å². The fourth-order valence-electron chi connectivity index (χ4n) is 2.49. The molecule has 0 aliphatic carbocycles. The standard InChI is InChI=1S/C17H23FN2O4S2.C4H8/c1-5-23-9-11-8-19(2)13-6-16(25-4)14(7-15(13)26-20(11)3)24-10-12(18)17(21)22;1-3-4-2/h6-7,10-11H,5,8-9H2,1-4H3,(H,21,22);3H,1,4H2,2H3/b12-10-;. The number of fused-ring (bicyclic) bond motifs is 1. The quantitative estimate of drug-likeness (QED) is 0.191. The van der Waals surface area contributed by atoms with Gasteiger partial charge in [0.05, 0.1) is 28.1 Å². The first-order chi connectivity index (χ1) is 14.3. The largest absolute Gasteiger partial charge is 0.476 e. The van der Waals surface area contributed by atoms with Gasteiger partial charge in [0.1, 0.15) is 12.0 Å². The lowest BCUT2D eigenvalue weighted by Gasteiger charge is -2.26. The van der Waals surface area contributed by atoms with E-state index < -0.39 is 11.8 Å². The van der Waals surface area contributed by atoms with Gasteiger partial charge in [-0.05, 0) is 50.7 Å².